The Morgan fingerprint density at radius 3 is 2.36 bits per heavy atom. The summed E-state index contributed by atoms with van der Waals surface area (Å²) in [6.07, 6.45) is 0.541. The second-order valence-corrected chi connectivity index (χ2v) is 3.41. The lowest BCUT2D eigenvalue weighted by Gasteiger charge is -2.24. The van der Waals surface area contributed by atoms with E-state index in [2.05, 4.69) is 0 Å². The molecule has 0 aromatic heterocycles. The minimum absolute atomic E-state index is 0.336. The number of carboxylic acids is 1. The van der Waals surface area contributed by atoms with Crippen LogP contribution >= 0.6 is 0 Å². The summed E-state index contributed by atoms with van der Waals surface area (Å²) in [5.41, 5.74) is -0.336. The number of hydrogen-bond acceptors (Lipinski definition) is 2. The molecular weight excluding hydrogens is 144 g/mol. The Balaban J connectivity index is 3.93. The van der Waals surface area contributed by atoms with Crippen molar-refractivity contribution in [1.29, 1.82) is 0 Å². The molecule has 1 atom stereocenters. The minimum Gasteiger partial charge on any atom is -0.481 e. The summed E-state index contributed by atoms with van der Waals surface area (Å²) in [6.45, 7) is 5.45. The van der Waals surface area contributed by atoms with Crippen molar-refractivity contribution < 1.29 is 14.6 Å². The topological polar surface area (TPSA) is 46.5 Å². The molecule has 0 bridgehead atoms. The highest BCUT2D eigenvalue weighted by atomic mass is 16.5. The molecule has 3 heteroatoms. The average molecular weight is 160 g/mol. The Morgan fingerprint density at radius 1 is 1.64 bits per heavy atom. The summed E-state index contributed by atoms with van der Waals surface area (Å²) in [5, 5.41) is 8.59. The average Bonchev–Trinajstić information content (AvgIpc) is 1.87. The number of hydrogen-bond donors (Lipinski definition) is 1. The van der Waals surface area contributed by atoms with Gasteiger partial charge in [-0.25, -0.2) is 0 Å². The van der Waals surface area contributed by atoms with Crippen molar-refractivity contribution >= 4 is 5.97 Å². The molecule has 66 valence electrons. The lowest BCUT2D eigenvalue weighted by molar-refractivity contribution is -0.143. The van der Waals surface area contributed by atoms with Crippen LogP contribution in [0.2, 0.25) is 0 Å². The number of methoxy groups -OCH3 is 1. The third-order valence-electron chi connectivity index (χ3n) is 1.77. The molecule has 11 heavy (non-hydrogen) atoms. The Labute approximate surface area is 67.4 Å². The fourth-order valence-corrected chi connectivity index (χ4v) is 0.908. The molecule has 0 aromatic carbocycles. The van der Waals surface area contributed by atoms with Gasteiger partial charge in [0, 0.05) is 7.11 Å². The van der Waals surface area contributed by atoms with Gasteiger partial charge in [0.1, 0.15) is 0 Å². The summed E-state index contributed by atoms with van der Waals surface area (Å²) >= 11 is 0. The Morgan fingerprint density at radius 2 is 2.09 bits per heavy atom. The molecule has 0 aliphatic rings. The van der Waals surface area contributed by atoms with Crippen LogP contribution in [0.25, 0.3) is 0 Å². The van der Waals surface area contributed by atoms with E-state index in [0.717, 1.165) is 0 Å². The molecule has 0 aliphatic heterocycles. The molecule has 0 heterocycles. The zero-order valence-electron chi connectivity index (χ0n) is 7.55. The molecule has 0 fully saturated rings. The lowest BCUT2D eigenvalue weighted by atomic mass is 9.95. The van der Waals surface area contributed by atoms with E-state index in [0.29, 0.717) is 6.42 Å². The van der Waals surface area contributed by atoms with Crippen LogP contribution < -0.4 is 0 Å². The first kappa shape index (κ1) is 10.4. The van der Waals surface area contributed by atoms with Gasteiger partial charge in [-0.3, -0.25) is 4.79 Å². The van der Waals surface area contributed by atoms with Gasteiger partial charge in [0.25, 0.3) is 0 Å². The highest BCUT2D eigenvalue weighted by Crippen LogP contribution is 2.19. The van der Waals surface area contributed by atoms with E-state index in [4.69, 9.17) is 9.84 Å². The van der Waals surface area contributed by atoms with Crippen LogP contribution in [-0.4, -0.2) is 23.8 Å². The predicted octanol–water partition coefficient (Wildman–Crippen LogP) is 1.52. The maximum atomic E-state index is 10.4. The van der Waals surface area contributed by atoms with Crippen molar-refractivity contribution in [3.63, 3.8) is 0 Å². The summed E-state index contributed by atoms with van der Waals surface area (Å²) in [7, 11) is 1.59. The highest BCUT2D eigenvalue weighted by Gasteiger charge is 2.23. The smallest absolute Gasteiger partial charge is 0.306 e. The number of carbonyl (C=O) groups is 1. The maximum absolute atomic E-state index is 10.4. The molecular formula is C8H16O3. The first-order chi connectivity index (χ1) is 4.89. The second-order valence-electron chi connectivity index (χ2n) is 3.41. The predicted molar refractivity (Wildman–Crippen MR) is 42.5 cm³/mol. The van der Waals surface area contributed by atoms with Crippen LogP contribution in [0, 0.1) is 5.92 Å². The second kappa shape index (κ2) is 3.72. The van der Waals surface area contributed by atoms with Crippen LogP contribution in [-0.2, 0) is 9.53 Å². The summed E-state index contributed by atoms with van der Waals surface area (Å²) < 4.78 is 5.10. The fraction of sp³-hybridized carbons (Fsp3) is 0.875. The van der Waals surface area contributed by atoms with Crippen molar-refractivity contribution in [2.75, 3.05) is 7.11 Å². The van der Waals surface area contributed by atoms with E-state index in [1.807, 2.05) is 13.8 Å². The SMILES string of the molecule is COC(C)(C)CC(C)C(=O)O. The molecule has 3 nitrogen and oxygen atoms in total. The number of rotatable bonds is 4. The van der Waals surface area contributed by atoms with E-state index in [1.54, 1.807) is 14.0 Å². The fourth-order valence-electron chi connectivity index (χ4n) is 0.908. The lowest BCUT2D eigenvalue weighted by Crippen LogP contribution is -2.28. The molecule has 0 spiro atoms. The van der Waals surface area contributed by atoms with Crippen LogP contribution in [0.4, 0.5) is 0 Å². The van der Waals surface area contributed by atoms with Gasteiger partial charge in [-0.1, -0.05) is 6.92 Å². The summed E-state index contributed by atoms with van der Waals surface area (Å²) in [5.74, 6) is -1.11. The van der Waals surface area contributed by atoms with Crippen molar-refractivity contribution in [3.05, 3.63) is 0 Å². The van der Waals surface area contributed by atoms with Crippen molar-refractivity contribution in [1.82, 2.24) is 0 Å². The molecule has 0 amide bonds. The Bertz CT molecular complexity index is 140. The van der Waals surface area contributed by atoms with Gasteiger partial charge < -0.3 is 9.84 Å². The third kappa shape index (κ3) is 3.98. The van der Waals surface area contributed by atoms with E-state index >= 15 is 0 Å². The zero-order valence-corrected chi connectivity index (χ0v) is 7.55. The monoisotopic (exact) mass is 160 g/mol. The zero-order chi connectivity index (χ0) is 9.07. The van der Waals surface area contributed by atoms with Gasteiger partial charge in [0.2, 0.25) is 0 Å². The molecule has 0 saturated carbocycles. The summed E-state index contributed by atoms with van der Waals surface area (Å²) in [6, 6.07) is 0. The van der Waals surface area contributed by atoms with Gasteiger partial charge in [-0.05, 0) is 20.3 Å². The molecule has 0 aliphatic carbocycles. The number of aliphatic carboxylic acids is 1. The van der Waals surface area contributed by atoms with Crippen LogP contribution in [0.15, 0.2) is 0 Å². The molecule has 1 N–H and O–H groups in total. The largest absolute Gasteiger partial charge is 0.481 e. The van der Waals surface area contributed by atoms with Crippen LogP contribution in [0.3, 0.4) is 0 Å². The quantitative estimate of drug-likeness (QED) is 0.678. The first-order valence-corrected chi connectivity index (χ1v) is 3.67. The van der Waals surface area contributed by atoms with Crippen LogP contribution in [0.5, 0.6) is 0 Å². The molecule has 1 unspecified atom stereocenters. The Kier molecular flexibility index (Phi) is 3.52. The minimum atomic E-state index is -0.768. The maximum Gasteiger partial charge on any atom is 0.306 e. The van der Waals surface area contributed by atoms with Crippen LogP contribution in [0.1, 0.15) is 27.2 Å². The normalized spacial score (nSPS) is 14.5. The van der Waals surface area contributed by atoms with Gasteiger partial charge >= 0.3 is 5.97 Å². The molecule has 0 rings (SSSR count). The molecule has 0 saturated heterocycles. The standard InChI is InChI=1S/C8H16O3/c1-6(7(9)10)5-8(2,3)11-4/h6H,5H2,1-4H3,(H,9,10). The van der Waals surface area contributed by atoms with Gasteiger partial charge in [0.05, 0.1) is 11.5 Å². The highest BCUT2D eigenvalue weighted by molar-refractivity contribution is 5.69. The van der Waals surface area contributed by atoms with Gasteiger partial charge in [0.15, 0.2) is 0 Å². The first-order valence-electron chi connectivity index (χ1n) is 3.67. The Hall–Kier alpha value is -0.570. The number of ether oxygens (including phenoxy) is 1. The van der Waals surface area contributed by atoms with Crippen molar-refractivity contribution in [2.45, 2.75) is 32.8 Å². The molecule has 0 radical (unpaired) electrons. The van der Waals surface area contributed by atoms with E-state index < -0.39 is 5.97 Å². The van der Waals surface area contributed by atoms with Gasteiger partial charge in [-0.15, -0.1) is 0 Å². The van der Waals surface area contributed by atoms with Crippen molar-refractivity contribution in [3.8, 4) is 0 Å². The van der Waals surface area contributed by atoms with E-state index in [9.17, 15) is 4.79 Å². The van der Waals surface area contributed by atoms with Gasteiger partial charge in [-0.2, -0.15) is 0 Å². The number of carboxylic acid groups (broad SMARTS) is 1. The third-order valence-corrected chi connectivity index (χ3v) is 1.77. The van der Waals surface area contributed by atoms with E-state index in [-0.39, 0.29) is 11.5 Å². The summed E-state index contributed by atoms with van der Waals surface area (Å²) in [4.78, 5) is 10.4. The molecule has 0 aromatic rings. The van der Waals surface area contributed by atoms with E-state index in [1.165, 1.54) is 0 Å². The van der Waals surface area contributed by atoms with Crippen molar-refractivity contribution in [2.24, 2.45) is 5.92 Å².